The number of quaternary nitrogens is 1. The standard InChI is InChI=1S/C26H22N4.ClH/c1-21-17-19-23(20-18-21)28-26(22-11-5-2-6-12-22)27-29(24-13-7-3-8-14-24)30(28)25-15-9-4-10-16-25;/h2-20H,1H3;1H. The summed E-state index contributed by atoms with van der Waals surface area (Å²) in [5.41, 5.74) is 5.53. The summed E-state index contributed by atoms with van der Waals surface area (Å²) < 4.78 is 0. The van der Waals surface area contributed by atoms with Crippen molar-refractivity contribution in [1.82, 2.24) is 0 Å². The van der Waals surface area contributed by atoms with E-state index in [1.165, 1.54) is 5.56 Å². The topological polar surface area (TPSA) is 23.3 Å². The number of anilines is 2. The first-order valence-corrected chi connectivity index (χ1v) is 10.1. The van der Waals surface area contributed by atoms with Crippen LogP contribution in [-0.2, 0) is 0 Å². The number of hydrogen-bond donors (Lipinski definition) is 1. The molecule has 5 heteroatoms. The van der Waals surface area contributed by atoms with Crippen LogP contribution in [-0.4, -0.2) is 5.84 Å². The lowest BCUT2D eigenvalue weighted by Crippen LogP contribution is -3.16. The summed E-state index contributed by atoms with van der Waals surface area (Å²) in [6.07, 6.45) is 0. The maximum atomic E-state index is 5.11. The number of hydrazone groups is 1. The van der Waals surface area contributed by atoms with E-state index in [0.717, 1.165) is 33.5 Å². The van der Waals surface area contributed by atoms with Crippen LogP contribution in [0, 0.1) is 6.92 Å². The molecule has 1 heterocycles. The number of amidine groups is 1. The second kappa shape index (κ2) is 9.04. The van der Waals surface area contributed by atoms with Gasteiger partial charge in [-0.3, -0.25) is 0 Å². The van der Waals surface area contributed by atoms with Crippen molar-refractivity contribution in [2.45, 2.75) is 6.92 Å². The zero-order valence-electron chi connectivity index (χ0n) is 17.2. The van der Waals surface area contributed by atoms with Gasteiger partial charge in [0.1, 0.15) is 5.69 Å². The molecule has 0 aromatic heterocycles. The van der Waals surface area contributed by atoms with Gasteiger partial charge in [0.05, 0.1) is 11.3 Å². The summed E-state index contributed by atoms with van der Waals surface area (Å²) in [4.78, 5) is 0. The highest BCUT2D eigenvalue weighted by molar-refractivity contribution is 5.96. The van der Waals surface area contributed by atoms with Crippen molar-refractivity contribution in [3.05, 3.63) is 126 Å². The molecule has 0 radical (unpaired) electrons. The van der Waals surface area contributed by atoms with E-state index in [-0.39, 0.29) is 12.4 Å². The van der Waals surface area contributed by atoms with E-state index >= 15 is 0 Å². The lowest BCUT2D eigenvalue weighted by molar-refractivity contribution is -0.736. The number of aryl methyl sites for hydroxylation is 1. The maximum Gasteiger partial charge on any atom is 0.284 e. The SMILES string of the molecule is Cc1ccc([NH+]2C(c3ccccc3)=NN(c3ccccc3)N2c2ccccc2)cc1.[Cl-]. The highest BCUT2D eigenvalue weighted by atomic mass is 35.5. The van der Waals surface area contributed by atoms with Gasteiger partial charge in [0.15, 0.2) is 5.69 Å². The van der Waals surface area contributed by atoms with Gasteiger partial charge >= 0.3 is 0 Å². The normalized spacial score (nSPS) is 15.4. The number of halogens is 1. The Morgan fingerprint density at radius 2 is 1.13 bits per heavy atom. The van der Waals surface area contributed by atoms with Crippen molar-refractivity contribution in [2.24, 2.45) is 5.10 Å². The first-order valence-electron chi connectivity index (χ1n) is 10.1. The van der Waals surface area contributed by atoms with Gasteiger partial charge in [-0.05, 0) is 43.3 Å². The second-order valence-electron chi connectivity index (χ2n) is 7.30. The predicted molar refractivity (Wildman–Crippen MR) is 123 cm³/mol. The van der Waals surface area contributed by atoms with Crippen LogP contribution in [0.25, 0.3) is 0 Å². The lowest BCUT2D eigenvalue weighted by atomic mass is 10.1. The molecule has 4 aromatic rings. The van der Waals surface area contributed by atoms with Gasteiger partial charge in [0.25, 0.3) is 5.84 Å². The maximum absolute atomic E-state index is 5.11. The third-order valence-corrected chi connectivity index (χ3v) is 5.18. The molecular formula is C26H23ClN4. The molecule has 31 heavy (non-hydrogen) atoms. The molecule has 1 unspecified atom stereocenters. The molecule has 0 spiro atoms. The van der Waals surface area contributed by atoms with Crippen LogP contribution in [0.3, 0.4) is 0 Å². The molecule has 154 valence electrons. The quantitative estimate of drug-likeness (QED) is 0.537. The number of benzene rings is 4. The van der Waals surface area contributed by atoms with Crippen LogP contribution >= 0.6 is 0 Å². The number of nitrogens with zero attached hydrogens (tertiary/aromatic N) is 3. The average molecular weight is 427 g/mol. The van der Waals surface area contributed by atoms with Gasteiger partial charge < -0.3 is 12.4 Å². The lowest BCUT2D eigenvalue weighted by Gasteiger charge is -2.30. The molecule has 1 atom stereocenters. The number of rotatable bonds is 4. The van der Waals surface area contributed by atoms with Gasteiger partial charge in [-0.2, -0.15) is 0 Å². The minimum atomic E-state index is 0. The van der Waals surface area contributed by atoms with Crippen molar-refractivity contribution < 1.29 is 17.4 Å². The number of nitrogens with one attached hydrogen (secondary N) is 1. The molecule has 0 bridgehead atoms. The Kier molecular flexibility index (Phi) is 6.03. The molecule has 0 saturated heterocycles. The highest BCUT2D eigenvalue weighted by Crippen LogP contribution is 2.25. The Morgan fingerprint density at radius 3 is 1.71 bits per heavy atom. The predicted octanol–water partition coefficient (Wildman–Crippen LogP) is 1.73. The molecule has 1 N–H and O–H groups in total. The van der Waals surface area contributed by atoms with Crippen LogP contribution in [0.15, 0.2) is 120 Å². The Morgan fingerprint density at radius 1 is 0.613 bits per heavy atom. The average Bonchev–Trinajstić information content (AvgIpc) is 3.22. The number of hydrazine groups is 1. The Hall–Kier alpha value is -3.60. The van der Waals surface area contributed by atoms with E-state index in [1.54, 1.807) is 0 Å². The van der Waals surface area contributed by atoms with E-state index in [4.69, 9.17) is 5.10 Å². The first-order chi connectivity index (χ1) is 14.8. The Labute approximate surface area is 189 Å². The number of para-hydroxylation sites is 2. The fourth-order valence-electron chi connectivity index (χ4n) is 3.68. The molecule has 4 nitrogen and oxygen atoms in total. The molecule has 4 aromatic carbocycles. The van der Waals surface area contributed by atoms with E-state index < -0.39 is 0 Å². The van der Waals surface area contributed by atoms with Crippen molar-refractivity contribution in [2.75, 3.05) is 10.2 Å². The smallest absolute Gasteiger partial charge is 0.284 e. The summed E-state index contributed by atoms with van der Waals surface area (Å²) in [5.74, 6) is 0.951. The van der Waals surface area contributed by atoms with Crippen LogP contribution in [0.4, 0.5) is 17.1 Å². The molecule has 0 saturated carbocycles. The summed E-state index contributed by atoms with van der Waals surface area (Å²) >= 11 is 0. The van der Waals surface area contributed by atoms with E-state index in [1.807, 2.05) is 35.4 Å². The minimum Gasteiger partial charge on any atom is -1.00 e. The van der Waals surface area contributed by atoms with Gasteiger partial charge in [-0.25, -0.2) is 0 Å². The van der Waals surface area contributed by atoms with Crippen molar-refractivity contribution in [3.8, 4) is 0 Å². The summed E-state index contributed by atoms with van der Waals surface area (Å²) in [5, 5.41) is 10.4. The van der Waals surface area contributed by atoms with Crippen LogP contribution in [0.1, 0.15) is 11.1 Å². The van der Waals surface area contributed by atoms with Crippen LogP contribution in [0.5, 0.6) is 0 Å². The molecule has 0 amide bonds. The summed E-state index contributed by atoms with van der Waals surface area (Å²) in [6, 6.07) is 39.7. The number of hydrogen-bond acceptors (Lipinski definition) is 3. The van der Waals surface area contributed by atoms with Gasteiger partial charge in [-0.15, -0.1) is 10.1 Å². The second-order valence-corrected chi connectivity index (χ2v) is 7.30. The van der Waals surface area contributed by atoms with Crippen molar-refractivity contribution in [3.63, 3.8) is 0 Å². The van der Waals surface area contributed by atoms with E-state index in [2.05, 4.69) is 97.0 Å². The molecule has 0 fully saturated rings. The van der Waals surface area contributed by atoms with Crippen molar-refractivity contribution >= 4 is 22.9 Å². The Bertz CT molecular complexity index is 1150. The molecular weight excluding hydrogens is 404 g/mol. The fraction of sp³-hybridized carbons (Fsp3) is 0.0385. The highest BCUT2D eigenvalue weighted by Gasteiger charge is 2.41. The van der Waals surface area contributed by atoms with Gasteiger partial charge in [0.2, 0.25) is 0 Å². The molecule has 0 aliphatic carbocycles. The Balaban J connectivity index is 0.00000231. The zero-order chi connectivity index (χ0) is 20.3. The van der Waals surface area contributed by atoms with Gasteiger partial charge in [-0.1, -0.05) is 82.5 Å². The zero-order valence-corrected chi connectivity index (χ0v) is 17.9. The van der Waals surface area contributed by atoms with Gasteiger partial charge in [0, 0.05) is 12.1 Å². The largest absolute Gasteiger partial charge is 1.00 e. The fourth-order valence-corrected chi connectivity index (χ4v) is 3.68. The molecule has 1 aliphatic rings. The molecule has 1 aliphatic heterocycles. The van der Waals surface area contributed by atoms with E-state index in [0.29, 0.717) is 0 Å². The van der Waals surface area contributed by atoms with Crippen LogP contribution in [0.2, 0.25) is 0 Å². The third-order valence-electron chi connectivity index (χ3n) is 5.18. The third kappa shape index (κ3) is 4.04. The summed E-state index contributed by atoms with van der Waals surface area (Å²) in [7, 11) is 0. The minimum absolute atomic E-state index is 0. The van der Waals surface area contributed by atoms with Crippen molar-refractivity contribution in [1.29, 1.82) is 0 Å². The summed E-state index contributed by atoms with van der Waals surface area (Å²) in [6.45, 7) is 2.11. The molecule has 5 rings (SSSR count). The van der Waals surface area contributed by atoms with Crippen LogP contribution < -0.4 is 27.7 Å². The first kappa shape index (κ1) is 20.7. The van der Waals surface area contributed by atoms with E-state index in [9.17, 15) is 0 Å². The monoisotopic (exact) mass is 426 g/mol.